The van der Waals surface area contributed by atoms with Crippen molar-refractivity contribution >= 4 is 46.2 Å². The van der Waals surface area contributed by atoms with Gasteiger partial charge in [-0.2, -0.15) is 0 Å². The number of pyridine rings is 1. The van der Waals surface area contributed by atoms with Crippen molar-refractivity contribution in [2.75, 3.05) is 16.8 Å². The number of rotatable bonds is 6. The predicted molar refractivity (Wildman–Crippen MR) is 131 cm³/mol. The van der Waals surface area contributed by atoms with Gasteiger partial charge in [0.05, 0.1) is 15.5 Å². The first kappa shape index (κ1) is 21.3. The zero-order valence-electron chi connectivity index (χ0n) is 17.7. The van der Waals surface area contributed by atoms with Gasteiger partial charge in [-0.3, -0.25) is 19.1 Å². The molecule has 32 heavy (non-hydrogen) atoms. The zero-order valence-corrected chi connectivity index (χ0v) is 19.4. The molecule has 166 valence electrons. The number of anilines is 1. The lowest BCUT2D eigenvalue weighted by atomic mass is 10.1. The Morgan fingerprint density at radius 1 is 1.22 bits per heavy atom. The highest BCUT2D eigenvalue weighted by molar-refractivity contribution is 8.19. The molecule has 0 spiro atoms. The maximum Gasteiger partial charge on any atom is 0.329 e. The lowest BCUT2D eigenvalue weighted by Gasteiger charge is -2.14. The molecule has 1 saturated heterocycles. The van der Waals surface area contributed by atoms with Gasteiger partial charge in [0.1, 0.15) is 0 Å². The third-order valence-electron chi connectivity index (χ3n) is 5.69. The highest BCUT2D eigenvalue weighted by atomic mass is 32.2. The van der Waals surface area contributed by atoms with Crippen molar-refractivity contribution in [2.45, 2.75) is 43.2 Å². The molecule has 0 atom stereocenters. The molecule has 2 fully saturated rings. The number of benzene rings is 1. The average Bonchev–Trinajstić information content (AvgIpc) is 3.49. The molecule has 5 rings (SSSR count). The van der Waals surface area contributed by atoms with Crippen LogP contribution in [0.1, 0.15) is 58.3 Å². The molecule has 1 aromatic carbocycles. The van der Waals surface area contributed by atoms with E-state index in [-0.39, 0.29) is 22.8 Å². The quantitative estimate of drug-likeness (QED) is 0.565. The molecule has 3 heterocycles. The van der Waals surface area contributed by atoms with Gasteiger partial charge in [-0.1, -0.05) is 19.1 Å². The molecular weight excluding hydrogens is 444 g/mol. The van der Waals surface area contributed by atoms with Crippen molar-refractivity contribution in [1.29, 1.82) is 0 Å². The first-order chi connectivity index (χ1) is 15.5. The van der Waals surface area contributed by atoms with Gasteiger partial charge in [0, 0.05) is 35.3 Å². The summed E-state index contributed by atoms with van der Waals surface area (Å²) in [7, 11) is 0. The second-order valence-corrected chi connectivity index (χ2v) is 10.9. The second-order valence-electron chi connectivity index (χ2n) is 8.13. The molecule has 9 heteroatoms. The summed E-state index contributed by atoms with van der Waals surface area (Å²) in [5.74, 6) is 2.16. The Hall–Kier alpha value is -2.52. The molecule has 3 aromatic rings. The molecule has 1 amide bonds. The number of fused-ring (bicyclic) bond motifs is 1. The topological polar surface area (TPSA) is 96.9 Å². The monoisotopic (exact) mass is 468 g/mol. The normalized spacial score (nSPS) is 16.5. The molecule has 0 bridgehead atoms. The summed E-state index contributed by atoms with van der Waals surface area (Å²) in [6.45, 7) is 2.38. The van der Waals surface area contributed by atoms with Gasteiger partial charge in [0.2, 0.25) is 0 Å². The van der Waals surface area contributed by atoms with Crippen LogP contribution < -0.4 is 16.6 Å². The highest BCUT2D eigenvalue weighted by Crippen LogP contribution is 2.45. The lowest BCUT2D eigenvalue weighted by Crippen LogP contribution is -2.32. The molecule has 2 N–H and O–H groups in total. The van der Waals surface area contributed by atoms with E-state index < -0.39 is 11.2 Å². The van der Waals surface area contributed by atoms with Gasteiger partial charge in [0.25, 0.3) is 11.5 Å². The molecular formula is C23H24N4O3S2. The molecule has 0 radical (unpaired) electrons. The summed E-state index contributed by atoms with van der Waals surface area (Å²) >= 11 is 3.81. The minimum absolute atomic E-state index is 0.165. The van der Waals surface area contributed by atoms with Gasteiger partial charge in [0.15, 0.2) is 5.65 Å². The number of aryl methyl sites for hydroxylation is 1. The summed E-state index contributed by atoms with van der Waals surface area (Å²) in [5, 5.41) is 3.13. The average molecular weight is 469 g/mol. The van der Waals surface area contributed by atoms with Gasteiger partial charge in [-0.15, -0.1) is 23.5 Å². The lowest BCUT2D eigenvalue weighted by molar-refractivity contribution is 0.102. The van der Waals surface area contributed by atoms with E-state index in [1.807, 2.05) is 48.6 Å². The molecule has 1 aliphatic carbocycles. The van der Waals surface area contributed by atoms with Crippen LogP contribution in [-0.4, -0.2) is 31.9 Å². The first-order valence-corrected chi connectivity index (χ1v) is 13.0. The van der Waals surface area contributed by atoms with Crippen LogP contribution in [-0.2, 0) is 6.54 Å². The van der Waals surface area contributed by atoms with Crippen molar-refractivity contribution in [1.82, 2.24) is 14.5 Å². The van der Waals surface area contributed by atoms with Crippen molar-refractivity contribution in [2.24, 2.45) is 0 Å². The number of amides is 1. The number of carbonyl (C=O) groups is 1. The van der Waals surface area contributed by atoms with Crippen LogP contribution in [0.2, 0.25) is 0 Å². The van der Waals surface area contributed by atoms with Crippen LogP contribution in [0.15, 0.2) is 39.9 Å². The fraction of sp³-hybridized carbons (Fsp3) is 0.391. The Bertz CT molecular complexity index is 1310. The number of H-pyrrole nitrogens is 1. The van der Waals surface area contributed by atoms with Crippen LogP contribution >= 0.6 is 23.5 Å². The largest absolute Gasteiger partial charge is 0.329 e. The third kappa shape index (κ3) is 4.11. The fourth-order valence-electron chi connectivity index (χ4n) is 4.00. The number of hydrogen-bond donors (Lipinski definition) is 2. The number of thioether (sulfide) groups is 2. The van der Waals surface area contributed by atoms with E-state index in [2.05, 4.69) is 21.4 Å². The maximum atomic E-state index is 13.4. The summed E-state index contributed by atoms with van der Waals surface area (Å²) < 4.78 is 1.84. The predicted octanol–water partition coefficient (Wildman–Crippen LogP) is 4.10. The number of hydrogen-bond acceptors (Lipinski definition) is 6. The van der Waals surface area contributed by atoms with E-state index in [1.165, 1.54) is 10.1 Å². The van der Waals surface area contributed by atoms with Crippen LogP contribution in [0.25, 0.3) is 11.0 Å². The van der Waals surface area contributed by atoms with E-state index in [0.717, 1.165) is 30.0 Å². The van der Waals surface area contributed by atoms with Gasteiger partial charge in [-0.05, 0) is 43.0 Å². The van der Waals surface area contributed by atoms with Crippen LogP contribution in [0.5, 0.6) is 0 Å². The van der Waals surface area contributed by atoms with E-state index in [0.29, 0.717) is 28.9 Å². The Morgan fingerprint density at radius 3 is 2.72 bits per heavy atom. The number of carbonyl (C=O) groups excluding carboxylic acids is 1. The van der Waals surface area contributed by atoms with E-state index >= 15 is 0 Å². The standard InChI is InChI=1S/C23H24N4O3S2/c1-2-8-27-19-18(21(29)26-23(27)30)16(12-17(25-19)13-6-7-13)20(28)24-15-5-3-4-14(11-15)22-31-9-10-32-22/h3-5,11-13,22H,2,6-10H2,1H3,(H,24,28)(H,26,29,30). The van der Waals surface area contributed by atoms with Crippen molar-refractivity contribution in [3.63, 3.8) is 0 Å². The number of aromatic amines is 1. The van der Waals surface area contributed by atoms with E-state index in [4.69, 9.17) is 0 Å². The minimum Gasteiger partial charge on any atom is -0.322 e. The van der Waals surface area contributed by atoms with Crippen molar-refractivity contribution in [3.05, 3.63) is 68.0 Å². The third-order valence-corrected chi connectivity index (χ3v) is 8.80. The number of aromatic nitrogens is 3. The highest BCUT2D eigenvalue weighted by Gasteiger charge is 2.29. The van der Waals surface area contributed by atoms with Crippen molar-refractivity contribution in [3.8, 4) is 0 Å². The Morgan fingerprint density at radius 2 is 2.00 bits per heavy atom. The Labute approximate surface area is 193 Å². The summed E-state index contributed by atoms with van der Waals surface area (Å²) in [6, 6.07) is 9.59. The summed E-state index contributed by atoms with van der Waals surface area (Å²) in [5.41, 5.74) is 2.12. The molecule has 2 aliphatic rings. The Kier molecular flexibility index (Phi) is 5.86. The summed E-state index contributed by atoms with van der Waals surface area (Å²) in [4.78, 5) is 45.6. The zero-order chi connectivity index (χ0) is 22.2. The SMILES string of the molecule is CCCn1c(=O)[nH]c(=O)c2c(C(=O)Nc3cccc(C4SCCS4)c3)cc(C3CC3)nc21. The van der Waals surface area contributed by atoms with Gasteiger partial charge < -0.3 is 5.32 Å². The van der Waals surface area contributed by atoms with Crippen LogP contribution in [0.3, 0.4) is 0 Å². The second kappa shape index (κ2) is 8.78. The molecule has 7 nitrogen and oxygen atoms in total. The van der Waals surface area contributed by atoms with Gasteiger partial charge in [-0.25, -0.2) is 9.78 Å². The smallest absolute Gasteiger partial charge is 0.322 e. The number of nitrogens with zero attached hydrogens (tertiary/aromatic N) is 2. The van der Waals surface area contributed by atoms with E-state index in [9.17, 15) is 14.4 Å². The van der Waals surface area contributed by atoms with Crippen LogP contribution in [0.4, 0.5) is 5.69 Å². The fourth-order valence-corrected chi connectivity index (χ4v) is 6.84. The van der Waals surface area contributed by atoms with E-state index in [1.54, 1.807) is 6.07 Å². The molecule has 0 unspecified atom stereocenters. The maximum absolute atomic E-state index is 13.4. The van der Waals surface area contributed by atoms with Crippen LogP contribution in [0, 0.1) is 0 Å². The number of nitrogens with one attached hydrogen (secondary N) is 2. The summed E-state index contributed by atoms with van der Waals surface area (Å²) in [6.07, 6.45) is 2.71. The molecule has 1 saturated carbocycles. The Balaban J connectivity index is 1.58. The molecule has 1 aliphatic heterocycles. The first-order valence-electron chi connectivity index (χ1n) is 10.9. The van der Waals surface area contributed by atoms with Crippen molar-refractivity contribution < 1.29 is 4.79 Å². The minimum atomic E-state index is -0.579. The molecule has 2 aromatic heterocycles. The van der Waals surface area contributed by atoms with Gasteiger partial charge >= 0.3 is 5.69 Å².